The maximum Gasteiger partial charge on any atom is 0.270 e. The summed E-state index contributed by atoms with van der Waals surface area (Å²) in [4.78, 5) is 13.4. The lowest BCUT2D eigenvalue weighted by Crippen LogP contribution is -2.15. The summed E-state index contributed by atoms with van der Waals surface area (Å²) in [5.41, 5.74) is 5.43. The third-order valence-electron chi connectivity index (χ3n) is 2.43. The zero-order valence-corrected chi connectivity index (χ0v) is 10.9. The number of benzene rings is 1. The summed E-state index contributed by atoms with van der Waals surface area (Å²) in [6.45, 7) is 0. The monoisotopic (exact) mass is 294 g/mol. The van der Waals surface area contributed by atoms with Gasteiger partial charge in [0, 0.05) is 24.5 Å². The molecular formula is C11H10N4O4S. The highest BCUT2D eigenvalue weighted by atomic mass is 32.2. The number of non-ortho nitro benzene ring substituents is 1. The highest BCUT2D eigenvalue weighted by Gasteiger charge is 2.21. The van der Waals surface area contributed by atoms with Crippen LogP contribution >= 0.6 is 0 Å². The highest BCUT2D eigenvalue weighted by molar-refractivity contribution is 7.92. The molecule has 0 bridgehead atoms. The quantitative estimate of drug-likeness (QED) is 0.498. The molecule has 0 spiro atoms. The average Bonchev–Trinajstić information content (AvgIpc) is 2.39. The lowest BCUT2D eigenvalue weighted by molar-refractivity contribution is -0.385. The van der Waals surface area contributed by atoms with Gasteiger partial charge in [0.25, 0.3) is 15.7 Å². The van der Waals surface area contributed by atoms with E-state index in [-0.39, 0.29) is 22.0 Å². The number of hydrogen-bond donors (Lipinski definition) is 2. The van der Waals surface area contributed by atoms with Gasteiger partial charge in [0.2, 0.25) is 0 Å². The van der Waals surface area contributed by atoms with E-state index in [2.05, 4.69) is 9.71 Å². The van der Waals surface area contributed by atoms with Crippen LogP contribution in [0.5, 0.6) is 0 Å². The van der Waals surface area contributed by atoms with E-state index in [0.717, 1.165) is 12.1 Å². The first-order chi connectivity index (χ1) is 9.40. The van der Waals surface area contributed by atoms with E-state index < -0.39 is 14.9 Å². The maximum atomic E-state index is 12.2. The van der Waals surface area contributed by atoms with E-state index in [1.165, 1.54) is 30.6 Å². The summed E-state index contributed by atoms with van der Waals surface area (Å²) < 4.78 is 26.6. The molecule has 0 unspecified atom stereocenters. The standard InChI is InChI=1S/C11H10N4O4S/c12-10-2-1-9(15(16)17)7-11(10)20(18,19)14-8-3-5-13-6-4-8/h1-7H,12H2,(H,13,14). The van der Waals surface area contributed by atoms with Crippen molar-refractivity contribution >= 4 is 27.1 Å². The minimum Gasteiger partial charge on any atom is -0.398 e. The first kappa shape index (κ1) is 13.7. The van der Waals surface area contributed by atoms with Crippen molar-refractivity contribution in [3.63, 3.8) is 0 Å². The second-order valence-corrected chi connectivity index (χ2v) is 5.47. The average molecular weight is 294 g/mol. The lowest BCUT2D eigenvalue weighted by atomic mass is 10.3. The van der Waals surface area contributed by atoms with Crippen LogP contribution in [0.2, 0.25) is 0 Å². The minimum absolute atomic E-state index is 0.0721. The summed E-state index contributed by atoms with van der Waals surface area (Å²) in [5, 5.41) is 10.7. The molecule has 20 heavy (non-hydrogen) atoms. The SMILES string of the molecule is Nc1ccc([N+](=O)[O-])cc1S(=O)(=O)Nc1ccncc1. The van der Waals surface area contributed by atoms with Crippen molar-refractivity contribution in [3.8, 4) is 0 Å². The Kier molecular flexibility index (Phi) is 3.53. The van der Waals surface area contributed by atoms with Crippen molar-refractivity contribution in [3.05, 3.63) is 52.8 Å². The van der Waals surface area contributed by atoms with Gasteiger partial charge >= 0.3 is 0 Å². The Morgan fingerprint density at radius 1 is 1.20 bits per heavy atom. The molecule has 1 heterocycles. The molecule has 2 aromatic rings. The molecular weight excluding hydrogens is 284 g/mol. The molecule has 0 aliphatic carbocycles. The molecule has 0 fully saturated rings. The molecule has 0 aliphatic rings. The maximum absolute atomic E-state index is 12.2. The fraction of sp³-hybridized carbons (Fsp3) is 0. The Bertz CT molecular complexity index is 746. The van der Waals surface area contributed by atoms with Crippen molar-refractivity contribution in [2.45, 2.75) is 4.90 Å². The number of nitrogen functional groups attached to an aromatic ring is 1. The van der Waals surface area contributed by atoms with Gasteiger partial charge in [-0.05, 0) is 18.2 Å². The number of nitrogens with two attached hydrogens (primary N) is 1. The van der Waals surface area contributed by atoms with Crippen molar-refractivity contribution < 1.29 is 13.3 Å². The number of pyridine rings is 1. The van der Waals surface area contributed by atoms with E-state index in [1.54, 1.807) is 0 Å². The van der Waals surface area contributed by atoms with E-state index >= 15 is 0 Å². The number of nitro groups is 1. The van der Waals surface area contributed by atoms with Gasteiger partial charge in [-0.15, -0.1) is 0 Å². The molecule has 0 aliphatic heterocycles. The molecule has 0 radical (unpaired) electrons. The third kappa shape index (κ3) is 2.83. The Morgan fingerprint density at radius 3 is 2.45 bits per heavy atom. The first-order valence-electron chi connectivity index (χ1n) is 5.37. The molecule has 8 nitrogen and oxygen atoms in total. The summed E-state index contributed by atoms with van der Waals surface area (Å²) in [5.74, 6) is 0. The van der Waals surface area contributed by atoms with E-state index in [1.807, 2.05) is 0 Å². The summed E-state index contributed by atoms with van der Waals surface area (Å²) in [6, 6.07) is 6.13. The number of nitrogens with zero attached hydrogens (tertiary/aromatic N) is 2. The number of aromatic nitrogens is 1. The fourth-order valence-electron chi connectivity index (χ4n) is 1.50. The second-order valence-electron chi connectivity index (χ2n) is 3.82. The van der Waals surface area contributed by atoms with Crippen molar-refractivity contribution in [1.82, 2.24) is 4.98 Å². The molecule has 0 saturated carbocycles. The predicted molar refractivity (Wildman–Crippen MR) is 72.6 cm³/mol. The Balaban J connectivity index is 2.44. The number of anilines is 2. The normalized spacial score (nSPS) is 11.0. The number of nitro benzene ring substituents is 1. The van der Waals surface area contributed by atoms with E-state index in [0.29, 0.717) is 0 Å². The van der Waals surface area contributed by atoms with Gasteiger partial charge in [-0.2, -0.15) is 0 Å². The van der Waals surface area contributed by atoms with Gasteiger partial charge in [-0.25, -0.2) is 8.42 Å². The number of rotatable bonds is 4. The number of nitrogens with one attached hydrogen (secondary N) is 1. The van der Waals surface area contributed by atoms with Crippen LogP contribution in [0.15, 0.2) is 47.6 Å². The topological polar surface area (TPSA) is 128 Å². The molecule has 2 rings (SSSR count). The summed E-state index contributed by atoms with van der Waals surface area (Å²) >= 11 is 0. The lowest BCUT2D eigenvalue weighted by Gasteiger charge is -2.09. The predicted octanol–water partition coefficient (Wildman–Crippen LogP) is 1.37. The highest BCUT2D eigenvalue weighted by Crippen LogP contribution is 2.25. The third-order valence-corrected chi connectivity index (χ3v) is 3.87. The molecule has 3 N–H and O–H groups in total. The van der Waals surface area contributed by atoms with Gasteiger partial charge in [-0.3, -0.25) is 19.8 Å². The van der Waals surface area contributed by atoms with Gasteiger partial charge in [0.05, 0.1) is 16.3 Å². The molecule has 104 valence electrons. The molecule has 0 saturated heterocycles. The molecule has 0 amide bonds. The summed E-state index contributed by atoms with van der Waals surface area (Å²) in [6.07, 6.45) is 2.82. The van der Waals surface area contributed by atoms with Crippen LogP contribution < -0.4 is 10.5 Å². The van der Waals surface area contributed by atoms with Crippen LogP contribution in [-0.2, 0) is 10.0 Å². The van der Waals surface area contributed by atoms with Crippen LogP contribution in [-0.4, -0.2) is 18.3 Å². The van der Waals surface area contributed by atoms with Gasteiger partial charge in [-0.1, -0.05) is 0 Å². The minimum atomic E-state index is -4.01. The largest absolute Gasteiger partial charge is 0.398 e. The summed E-state index contributed by atoms with van der Waals surface area (Å²) in [7, 11) is -4.01. The Labute approximate surface area is 114 Å². The number of hydrogen-bond acceptors (Lipinski definition) is 6. The van der Waals surface area contributed by atoms with Crippen molar-refractivity contribution in [1.29, 1.82) is 0 Å². The van der Waals surface area contributed by atoms with Crippen LogP contribution in [0.4, 0.5) is 17.1 Å². The van der Waals surface area contributed by atoms with Gasteiger partial charge in [0.15, 0.2) is 0 Å². The van der Waals surface area contributed by atoms with Crippen LogP contribution in [0.25, 0.3) is 0 Å². The molecule has 1 aromatic carbocycles. The van der Waals surface area contributed by atoms with E-state index in [4.69, 9.17) is 5.73 Å². The zero-order chi connectivity index (χ0) is 14.8. The van der Waals surface area contributed by atoms with Crippen molar-refractivity contribution in [2.24, 2.45) is 0 Å². The molecule has 1 aromatic heterocycles. The van der Waals surface area contributed by atoms with Gasteiger partial charge < -0.3 is 5.73 Å². The molecule has 9 heteroatoms. The van der Waals surface area contributed by atoms with Crippen LogP contribution in [0.3, 0.4) is 0 Å². The van der Waals surface area contributed by atoms with E-state index in [9.17, 15) is 18.5 Å². The smallest absolute Gasteiger partial charge is 0.270 e. The van der Waals surface area contributed by atoms with Crippen LogP contribution in [0.1, 0.15) is 0 Å². The number of sulfonamides is 1. The zero-order valence-electron chi connectivity index (χ0n) is 10.1. The Morgan fingerprint density at radius 2 is 1.85 bits per heavy atom. The Hall–Kier alpha value is -2.68. The fourth-order valence-corrected chi connectivity index (χ4v) is 2.71. The van der Waals surface area contributed by atoms with Crippen molar-refractivity contribution in [2.75, 3.05) is 10.5 Å². The first-order valence-corrected chi connectivity index (χ1v) is 6.85. The second kappa shape index (κ2) is 5.13. The molecule has 0 atom stereocenters. The van der Waals surface area contributed by atoms with Gasteiger partial charge in [0.1, 0.15) is 4.90 Å². The van der Waals surface area contributed by atoms with Crippen LogP contribution in [0, 0.1) is 10.1 Å².